The highest BCUT2D eigenvalue weighted by Crippen LogP contribution is 2.42. The third kappa shape index (κ3) is 1.50. The summed E-state index contributed by atoms with van der Waals surface area (Å²) in [6.45, 7) is 4.31. The van der Waals surface area contributed by atoms with Crippen molar-refractivity contribution >= 4 is 23.0 Å². The van der Waals surface area contributed by atoms with Crippen molar-refractivity contribution in [3.63, 3.8) is 0 Å². The van der Waals surface area contributed by atoms with Gasteiger partial charge in [-0.2, -0.15) is 5.10 Å². The van der Waals surface area contributed by atoms with Crippen LogP contribution < -0.4 is 0 Å². The molecule has 0 bridgehead atoms. The number of nitrogens with one attached hydrogen (secondary N) is 1. The van der Waals surface area contributed by atoms with E-state index < -0.39 is 0 Å². The lowest BCUT2D eigenvalue weighted by Crippen LogP contribution is -2.25. The van der Waals surface area contributed by atoms with Crippen LogP contribution in [0.2, 0.25) is 5.02 Å². The van der Waals surface area contributed by atoms with E-state index in [9.17, 15) is 0 Å². The number of aliphatic imine (C=N–C) groups is 1. The van der Waals surface area contributed by atoms with Crippen LogP contribution >= 0.6 is 11.6 Å². The number of aromatic nitrogens is 2. The molecule has 3 rings (SSSR count). The van der Waals surface area contributed by atoms with Gasteiger partial charge in [-0.1, -0.05) is 25.4 Å². The first-order chi connectivity index (χ1) is 8.09. The van der Waals surface area contributed by atoms with Crippen LogP contribution in [0.15, 0.2) is 35.6 Å². The number of benzene rings is 1. The summed E-state index contributed by atoms with van der Waals surface area (Å²) in [5.74, 6) is 0. The second kappa shape index (κ2) is 3.44. The Labute approximate surface area is 105 Å². The Bertz CT molecular complexity index is 597. The van der Waals surface area contributed by atoms with Crippen LogP contribution in [0.5, 0.6) is 0 Å². The number of fused-ring (bicyclic) bond motifs is 1. The Morgan fingerprint density at radius 1 is 1.29 bits per heavy atom. The molecule has 1 aliphatic heterocycles. The molecule has 0 aliphatic carbocycles. The third-order valence-electron chi connectivity index (χ3n) is 3.23. The van der Waals surface area contributed by atoms with Crippen LogP contribution in [0, 0.1) is 0 Å². The number of H-pyrrole nitrogens is 1. The van der Waals surface area contributed by atoms with Gasteiger partial charge >= 0.3 is 0 Å². The monoisotopic (exact) mass is 245 g/mol. The van der Waals surface area contributed by atoms with Gasteiger partial charge in [0.15, 0.2) is 0 Å². The predicted molar refractivity (Wildman–Crippen MR) is 69.3 cm³/mol. The molecular formula is C13H12ClN3. The largest absolute Gasteiger partial charge is 0.285 e. The third-order valence-corrected chi connectivity index (χ3v) is 3.46. The minimum atomic E-state index is -0.135. The first-order valence-corrected chi connectivity index (χ1v) is 5.85. The minimum absolute atomic E-state index is 0.135. The van der Waals surface area contributed by atoms with Crippen molar-refractivity contribution in [2.24, 2.45) is 4.99 Å². The zero-order valence-electron chi connectivity index (χ0n) is 9.66. The standard InChI is InChI=1S/C13H12ClN3/c1-13(2)10-5-9(14)3-4-11(10)17-12(13)8-6-15-16-7-8/h3-7H,1-2H3,(H,15,16). The molecule has 0 radical (unpaired) electrons. The van der Waals surface area contributed by atoms with Crippen molar-refractivity contribution in [2.45, 2.75) is 19.3 Å². The van der Waals surface area contributed by atoms with E-state index >= 15 is 0 Å². The Balaban J connectivity index is 2.18. The molecule has 2 heterocycles. The summed E-state index contributed by atoms with van der Waals surface area (Å²) < 4.78 is 0. The van der Waals surface area contributed by atoms with Crippen molar-refractivity contribution < 1.29 is 0 Å². The Morgan fingerprint density at radius 2 is 2.12 bits per heavy atom. The molecule has 1 aliphatic rings. The Kier molecular flexibility index (Phi) is 2.13. The molecule has 3 nitrogen and oxygen atoms in total. The number of rotatable bonds is 1. The van der Waals surface area contributed by atoms with Gasteiger partial charge in [-0.3, -0.25) is 10.1 Å². The summed E-state index contributed by atoms with van der Waals surface area (Å²) in [6.07, 6.45) is 3.67. The maximum Gasteiger partial charge on any atom is 0.0676 e. The fourth-order valence-corrected chi connectivity index (χ4v) is 2.47. The van der Waals surface area contributed by atoms with Crippen LogP contribution in [-0.2, 0) is 5.41 Å². The van der Waals surface area contributed by atoms with Crippen LogP contribution in [0.1, 0.15) is 25.0 Å². The molecule has 4 heteroatoms. The summed E-state index contributed by atoms with van der Waals surface area (Å²) in [4.78, 5) is 4.69. The molecule has 2 aromatic rings. The second-order valence-electron chi connectivity index (χ2n) is 4.73. The molecule has 0 atom stereocenters. The quantitative estimate of drug-likeness (QED) is 0.821. The number of hydrogen-bond acceptors (Lipinski definition) is 2. The molecule has 86 valence electrons. The van der Waals surface area contributed by atoms with E-state index in [0.717, 1.165) is 22.0 Å². The van der Waals surface area contributed by atoms with Gasteiger partial charge in [0.1, 0.15) is 0 Å². The number of hydrogen-bond donors (Lipinski definition) is 1. The fraction of sp³-hybridized carbons (Fsp3) is 0.231. The van der Waals surface area contributed by atoms with Crippen LogP contribution in [0.25, 0.3) is 0 Å². The normalized spacial score (nSPS) is 16.8. The van der Waals surface area contributed by atoms with Gasteiger partial charge in [0.25, 0.3) is 0 Å². The van der Waals surface area contributed by atoms with Gasteiger partial charge in [-0.25, -0.2) is 0 Å². The molecule has 0 amide bonds. The average molecular weight is 246 g/mol. The molecule has 1 N–H and O–H groups in total. The minimum Gasteiger partial charge on any atom is -0.285 e. The van der Waals surface area contributed by atoms with Crippen molar-refractivity contribution in [1.29, 1.82) is 0 Å². The molecule has 1 aromatic carbocycles. The summed E-state index contributed by atoms with van der Waals surface area (Å²) in [5.41, 5.74) is 4.09. The van der Waals surface area contributed by atoms with Gasteiger partial charge in [0.05, 0.1) is 17.6 Å². The van der Waals surface area contributed by atoms with Gasteiger partial charge < -0.3 is 0 Å². The molecule has 0 unspecified atom stereocenters. The van der Waals surface area contributed by atoms with E-state index in [4.69, 9.17) is 11.6 Å². The summed E-state index contributed by atoms with van der Waals surface area (Å²) in [6, 6.07) is 5.83. The van der Waals surface area contributed by atoms with E-state index in [2.05, 4.69) is 29.0 Å². The molecule has 0 spiro atoms. The SMILES string of the molecule is CC1(C)C(c2cn[nH]c2)=Nc2ccc(Cl)cc21. The smallest absolute Gasteiger partial charge is 0.0676 e. The zero-order valence-corrected chi connectivity index (χ0v) is 10.4. The lowest BCUT2D eigenvalue weighted by Gasteiger charge is -2.21. The maximum atomic E-state index is 6.05. The Morgan fingerprint density at radius 3 is 2.82 bits per heavy atom. The fourth-order valence-electron chi connectivity index (χ4n) is 2.30. The number of halogens is 1. The van der Waals surface area contributed by atoms with E-state index in [0.29, 0.717) is 0 Å². The highest BCUT2D eigenvalue weighted by molar-refractivity contribution is 6.31. The molecule has 0 saturated carbocycles. The number of nitrogens with zero attached hydrogens (tertiary/aromatic N) is 2. The molecule has 0 fully saturated rings. The first-order valence-electron chi connectivity index (χ1n) is 5.47. The van der Waals surface area contributed by atoms with Crippen molar-refractivity contribution in [3.05, 3.63) is 46.7 Å². The highest BCUT2D eigenvalue weighted by Gasteiger charge is 2.36. The van der Waals surface area contributed by atoms with Crippen molar-refractivity contribution in [2.75, 3.05) is 0 Å². The van der Waals surface area contributed by atoms with E-state index in [1.165, 1.54) is 5.56 Å². The van der Waals surface area contributed by atoms with Crippen molar-refractivity contribution in [1.82, 2.24) is 10.2 Å². The van der Waals surface area contributed by atoms with Crippen LogP contribution in [-0.4, -0.2) is 15.9 Å². The van der Waals surface area contributed by atoms with Gasteiger partial charge in [-0.05, 0) is 23.8 Å². The Hall–Kier alpha value is -1.61. The highest BCUT2D eigenvalue weighted by atomic mass is 35.5. The summed E-state index contributed by atoms with van der Waals surface area (Å²) in [7, 11) is 0. The molecule has 0 saturated heterocycles. The van der Waals surface area contributed by atoms with E-state index in [-0.39, 0.29) is 5.41 Å². The second-order valence-corrected chi connectivity index (χ2v) is 5.17. The zero-order chi connectivity index (χ0) is 12.0. The van der Waals surface area contributed by atoms with Crippen LogP contribution in [0.4, 0.5) is 5.69 Å². The molecule has 17 heavy (non-hydrogen) atoms. The summed E-state index contributed by atoms with van der Waals surface area (Å²) >= 11 is 6.05. The van der Waals surface area contributed by atoms with Gasteiger partial charge in [0.2, 0.25) is 0 Å². The van der Waals surface area contributed by atoms with Crippen LogP contribution in [0.3, 0.4) is 0 Å². The van der Waals surface area contributed by atoms with Gasteiger partial charge in [0, 0.05) is 22.2 Å². The molecular weight excluding hydrogens is 234 g/mol. The maximum absolute atomic E-state index is 6.05. The number of aromatic amines is 1. The van der Waals surface area contributed by atoms with E-state index in [1.807, 2.05) is 24.4 Å². The average Bonchev–Trinajstić information content (AvgIpc) is 2.86. The lowest BCUT2D eigenvalue weighted by atomic mass is 9.80. The topological polar surface area (TPSA) is 41.0 Å². The van der Waals surface area contributed by atoms with E-state index in [1.54, 1.807) is 6.20 Å². The first kappa shape index (κ1) is 10.5. The lowest BCUT2D eigenvalue weighted by molar-refractivity contribution is 0.737. The van der Waals surface area contributed by atoms with Crippen molar-refractivity contribution in [3.8, 4) is 0 Å². The molecule has 1 aromatic heterocycles. The predicted octanol–water partition coefficient (Wildman–Crippen LogP) is 3.48. The summed E-state index contributed by atoms with van der Waals surface area (Å²) in [5, 5.41) is 7.56. The van der Waals surface area contributed by atoms with Gasteiger partial charge in [-0.15, -0.1) is 0 Å².